The molecule has 2 aromatic heterocycles. The van der Waals surface area contributed by atoms with E-state index in [0.717, 1.165) is 66.8 Å². The van der Waals surface area contributed by atoms with Crippen LogP contribution in [0.25, 0.3) is 104 Å². The summed E-state index contributed by atoms with van der Waals surface area (Å²) in [7, 11) is 0. The van der Waals surface area contributed by atoms with Gasteiger partial charge >= 0.3 is 0 Å². The van der Waals surface area contributed by atoms with Gasteiger partial charge in [-0.25, -0.2) is 0 Å². The monoisotopic (exact) mass is 828 g/mol. The number of hydrogen-bond donors (Lipinski definition) is 0. The van der Waals surface area contributed by atoms with Crippen molar-refractivity contribution in [3.63, 3.8) is 0 Å². The minimum Gasteiger partial charge on any atom is -0.455 e. The molecular formula is C62H40N2O. The van der Waals surface area contributed by atoms with Crippen LogP contribution in [0.5, 0.6) is 0 Å². The summed E-state index contributed by atoms with van der Waals surface area (Å²) < 4.78 is 9.47. The van der Waals surface area contributed by atoms with Gasteiger partial charge < -0.3 is 13.9 Å². The Bertz CT molecular complexity index is 3760. The molecule has 0 fully saturated rings. The molecule has 0 saturated carbocycles. The van der Waals surface area contributed by atoms with Crippen molar-refractivity contribution in [1.29, 1.82) is 0 Å². The Kier molecular flexibility index (Phi) is 8.53. The van der Waals surface area contributed by atoms with Gasteiger partial charge in [0, 0.05) is 38.5 Å². The molecule has 0 aliphatic carbocycles. The van der Waals surface area contributed by atoms with Gasteiger partial charge in [-0.2, -0.15) is 0 Å². The van der Waals surface area contributed by atoms with E-state index in [-0.39, 0.29) is 0 Å². The molecule has 13 aromatic rings. The van der Waals surface area contributed by atoms with E-state index in [1.807, 2.05) is 0 Å². The Morgan fingerprint density at radius 2 is 0.785 bits per heavy atom. The molecule has 0 spiro atoms. The molecule has 65 heavy (non-hydrogen) atoms. The highest BCUT2D eigenvalue weighted by Gasteiger charge is 2.26. The van der Waals surface area contributed by atoms with Crippen molar-refractivity contribution in [1.82, 2.24) is 4.57 Å². The molecule has 2 heterocycles. The first kappa shape index (κ1) is 36.9. The third kappa shape index (κ3) is 5.97. The molecule has 0 saturated heterocycles. The van der Waals surface area contributed by atoms with Crippen LogP contribution in [0.1, 0.15) is 0 Å². The number of benzene rings is 11. The fourth-order valence-corrected chi connectivity index (χ4v) is 10.2. The maximum Gasteiger partial charge on any atom is 0.145 e. The summed E-state index contributed by atoms with van der Waals surface area (Å²) >= 11 is 0. The first-order valence-corrected chi connectivity index (χ1v) is 22.3. The van der Waals surface area contributed by atoms with Gasteiger partial charge in [-0.05, 0) is 104 Å². The Balaban J connectivity index is 1.07. The zero-order valence-electron chi connectivity index (χ0n) is 35.4. The van der Waals surface area contributed by atoms with Crippen LogP contribution in [-0.4, -0.2) is 4.57 Å². The van der Waals surface area contributed by atoms with Crippen molar-refractivity contribution in [3.8, 4) is 39.1 Å². The van der Waals surface area contributed by atoms with Crippen LogP contribution in [0.15, 0.2) is 247 Å². The maximum atomic E-state index is 7.05. The molecule has 3 nitrogen and oxygen atoms in total. The average molecular weight is 829 g/mol. The smallest absolute Gasteiger partial charge is 0.145 e. The number of fused-ring (bicyclic) bond motifs is 8. The molecule has 3 heteroatoms. The fraction of sp³-hybridized carbons (Fsp3) is 0. The number of para-hydroxylation sites is 4. The van der Waals surface area contributed by atoms with E-state index in [9.17, 15) is 0 Å². The van der Waals surface area contributed by atoms with Crippen LogP contribution in [0, 0.1) is 0 Å². The molecule has 0 N–H and O–H groups in total. The van der Waals surface area contributed by atoms with Crippen LogP contribution in [0.3, 0.4) is 0 Å². The molecule has 0 aliphatic heterocycles. The highest BCUT2D eigenvalue weighted by molar-refractivity contribution is 6.15. The third-order valence-corrected chi connectivity index (χ3v) is 13.2. The van der Waals surface area contributed by atoms with E-state index in [2.05, 4.69) is 252 Å². The lowest BCUT2D eigenvalue weighted by Gasteiger charge is -2.29. The lowest BCUT2D eigenvalue weighted by atomic mass is 9.95. The molecule has 11 aromatic carbocycles. The number of hydrogen-bond acceptors (Lipinski definition) is 2. The molecule has 0 aliphatic rings. The van der Waals surface area contributed by atoms with E-state index in [4.69, 9.17) is 4.42 Å². The largest absolute Gasteiger partial charge is 0.455 e. The predicted octanol–water partition coefficient (Wildman–Crippen LogP) is 17.5. The minimum atomic E-state index is 0.849. The van der Waals surface area contributed by atoms with Crippen LogP contribution >= 0.6 is 0 Å². The van der Waals surface area contributed by atoms with Gasteiger partial charge in [-0.1, -0.05) is 182 Å². The van der Waals surface area contributed by atoms with E-state index >= 15 is 0 Å². The van der Waals surface area contributed by atoms with Crippen molar-refractivity contribution < 1.29 is 4.42 Å². The normalized spacial score (nSPS) is 11.7. The summed E-state index contributed by atoms with van der Waals surface area (Å²) in [5.74, 6) is 0. The second-order valence-corrected chi connectivity index (χ2v) is 16.8. The van der Waals surface area contributed by atoms with Gasteiger partial charge in [0.2, 0.25) is 0 Å². The summed E-state index contributed by atoms with van der Waals surface area (Å²) in [5.41, 5.74) is 15.1. The summed E-state index contributed by atoms with van der Waals surface area (Å²) in [5, 5.41) is 9.55. The SMILES string of the molecule is c1ccc(-n2c3ccccc3c3ccccc32)c(-c2c(N(c3ccc(-c4cccc5ccccc45)cc3)c3ccc(-c4cccc5ccccc45)cc3)ccc3c2oc2ccccc23)c1. The van der Waals surface area contributed by atoms with Crippen LogP contribution in [-0.2, 0) is 0 Å². The Labute approximate surface area is 376 Å². The molecule has 0 atom stereocenters. The zero-order valence-corrected chi connectivity index (χ0v) is 35.4. The van der Waals surface area contributed by atoms with E-state index in [0.29, 0.717) is 0 Å². The van der Waals surface area contributed by atoms with Crippen LogP contribution < -0.4 is 4.90 Å². The Hall–Kier alpha value is -8.66. The predicted molar refractivity (Wildman–Crippen MR) is 274 cm³/mol. The lowest BCUT2D eigenvalue weighted by Crippen LogP contribution is -2.12. The highest BCUT2D eigenvalue weighted by Crippen LogP contribution is 2.49. The van der Waals surface area contributed by atoms with Crippen molar-refractivity contribution in [2.45, 2.75) is 0 Å². The molecular weight excluding hydrogens is 789 g/mol. The van der Waals surface area contributed by atoms with E-state index in [1.54, 1.807) is 0 Å². The van der Waals surface area contributed by atoms with E-state index in [1.165, 1.54) is 54.6 Å². The third-order valence-electron chi connectivity index (χ3n) is 13.2. The van der Waals surface area contributed by atoms with Gasteiger partial charge in [0.1, 0.15) is 11.2 Å². The van der Waals surface area contributed by atoms with Gasteiger partial charge in [0.25, 0.3) is 0 Å². The highest BCUT2D eigenvalue weighted by atomic mass is 16.3. The van der Waals surface area contributed by atoms with E-state index < -0.39 is 0 Å². The van der Waals surface area contributed by atoms with Gasteiger partial charge in [0.05, 0.1) is 28.0 Å². The Morgan fingerprint density at radius 3 is 1.38 bits per heavy atom. The van der Waals surface area contributed by atoms with Gasteiger partial charge in [-0.3, -0.25) is 0 Å². The average Bonchev–Trinajstić information content (AvgIpc) is 3.92. The second-order valence-electron chi connectivity index (χ2n) is 16.8. The van der Waals surface area contributed by atoms with Crippen molar-refractivity contribution >= 4 is 82.4 Å². The summed E-state index contributed by atoms with van der Waals surface area (Å²) in [6.07, 6.45) is 0. The molecule has 0 unspecified atom stereocenters. The number of anilines is 3. The maximum absolute atomic E-state index is 7.05. The summed E-state index contributed by atoms with van der Waals surface area (Å²) in [6, 6.07) is 87.7. The quantitative estimate of drug-likeness (QED) is 0.160. The number of aromatic nitrogens is 1. The van der Waals surface area contributed by atoms with Gasteiger partial charge in [-0.15, -0.1) is 0 Å². The number of furan rings is 1. The van der Waals surface area contributed by atoms with Crippen LogP contribution in [0.4, 0.5) is 17.1 Å². The zero-order chi connectivity index (χ0) is 42.8. The fourth-order valence-electron chi connectivity index (χ4n) is 10.2. The van der Waals surface area contributed by atoms with Gasteiger partial charge in [0.15, 0.2) is 0 Å². The second kappa shape index (κ2) is 15.0. The lowest BCUT2D eigenvalue weighted by molar-refractivity contribution is 0.670. The molecule has 13 rings (SSSR count). The first-order valence-electron chi connectivity index (χ1n) is 22.3. The van der Waals surface area contributed by atoms with Crippen molar-refractivity contribution in [2.75, 3.05) is 4.90 Å². The standard InChI is InChI=1S/C62H40N2O/c1-3-19-47-41(15-1)17-13-25-49(47)43-31-35-45(36-32-43)63(46-37-33-44(34-38-46)50-26-14-18-42-16-2-4-20-48(42)50)59-40-39-54-53-23-8-12-30-60(53)65-62(54)61(59)55-24-7-11-29-58(55)64-56-27-9-5-21-51(56)52-22-6-10-28-57(52)64/h1-40H. The first-order chi connectivity index (χ1) is 32.3. The molecule has 0 radical (unpaired) electrons. The topological polar surface area (TPSA) is 21.3 Å². The Morgan fingerprint density at radius 1 is 0.323 bits per heavy atom. The molecule has 304 valence electrons. The van der Waals surface area contributed by atoms with Crippen molar-refractivity contribution in [3.05, 3.63) is 243 Å². The summed E-state index contributed by atoms with van der Waals surface area (Å²) in [4.78, 5) is 2.41. The van der Waals surface area contributed by atoms with Crippen molar-refractivity contribution in [2.24, 2.45) is 0 Å². The number of nitrogens with zero attached hydrogens (tertiary/aromatic N) is 2. The van der Waals surface area contributed by atoms with Crippen LogP contribution in [0.2, 0.25) is 0 Å². The summed E-state index contributed by atoms with van der Waals surface area (Å²) in [6.45, 7) is 0. The molecule has 0 amide bonds. The number of rotatable bonds is 7. The molecule has 0 bridgehead atoms. The minimum absolute atomic E-state index is 0.849.